The van der Waals surface area contributed by atoms with E-state index in [4.69, 9.17) is 10.5 Å². The number of halogens is 1. The first-order valence-electron chi connectivity index (χ1n) is 5.03. The highest BCUT2D eigenvalue weighted by Gasteiger charge is 2.11. The van der Waals surface area contributed by atoms with E-state index in [9.17, 15) is 4.79 Å². The molecule has 0 aromatic heterocycles. The Labute approximate surface area is 103 Å². The fourth-order valence-corrected chi connectivity index (χ4v) is 1.49. The Hall–Kier alpha value is -1.07. The minimum atomic E-state index is -0.548. The van der Waals surface area contributed by atoms with Gasteiger partial charge in [-0.15, -0.1) is 0 Å². The van der Waals surface area contributed by atoms with Gasteiger partial charge >= 0.3 is 0 Å². The number of anilines is 1. The molecular formula is C11H15BrN2O2. The summed E-state index contributed by atoms with van der Waals surface area (Å²) >= 11 is 3.34. The van der Waals surface area contributed by atoms with E-state index in [-0.39, 0.29) is 5.91 Å². The van der Waals surface area contributed by atoms with Gasteiger partial charge in [0, 0.05) is 4.47 Å². The van der Waals surface area contributed by atoms with E-state index >= 15 is 0 Å². The zero-order chi connectivity index (χ0) is 12.1. The molecule has 0 fully saturated rings. The van der Waals surface area contributed by atoms with Crippen LogP contribution in [0.4, 0.5) is 5.69 Å². The molecule has 0 aliphatic carbocycles. The molecule has 0 aliphatic heterocycles. The first kappa shape index (κ1) is 13.0. The lowest BCUT2D eigenvalue weighted by atomic mass is 10.2. The summed E-state index contributed by atoms with van der Waals surface area (Å²) in [7, 11) is 0. The number of nitrogens with one attached hydrogen (secondary N) is 1. The minimum absolute atomic E-state index is 0.237. The highest BCUT2D eigenvalue weighted by atomic mass is 79.9. The lowest BCUT2D eigenvalue weighted by molar-refractivity contribution is -0.117. The predicted molar refractivity (Wildman–Crippen MR) is 67.6 cm³/mol. The van der Waals surface area contributed by atoms with Crippen molar-refractivity contribution >= 4 is 27.5 Å². The van der Waals surface area contributed by atoms with Crippen LogP contribution in [0.1, 0.15) is 13.8 Å². The van der Waals surface area contributed by atoms with Crippen molar-refractivity contribution in [3.05, 3.63) is 22.7 Å². The lowest BCUT2D eigenvalue weighted by Crippen LogP contribution is -2.32. The Morgan fingerprint density at radius 1 is 1.62 bits per heavy atom. The van der Waals surface area contributed by atoms with E-state index in [2.05, 4.69) is 21.2 Å². The average Bonchev–Trinajstić information content (AvgIpc) is 2.22. The number of hydrogen-bond donors (Lipinski definition) is 2. The Morgan fingerprint density at radius 2 is 2.31 bits per heavy atom. The van der Waals surface area contributed by atoms with Crippen LogP contribution in [0.2, 0.25) is 0 Å². The molecule has 1 aromatic rings. The minimum Gasteiger partial charge on any atom is -0.492 e. The molecule has 0 saturated heterocycles. The van der Waals surface area contributed by atoms with Gasteiger partial charge in [-0.05, 0) is 32.0 Å². The van der Waals surface area contributed by atoms with Crippen molar-refractivity contribution in [1.29, 1.82) is 0 Å². The smallest absolute Gasteiger partial charge is 0.241 e. The van der Waals surface area contributed by atoms with Crippen LogP contribution >= 0.6 is 15.9 Å². The van der Waals surface area contributed by atoms with Crippen molar-refractivity contribution in [2.24, 2.45) is 5.73 Å². The Bertz CT molecular complexity index is 380. The summed E-state index contributed by atoms with van der Waals surface area (Å²) in [6.45, 7) is 4.07. The molecule has 0 aliphatic rings. The second-order valence-electron chi connectivity index (χ2n) is 3.35. The standard InChI is InChI=1S/C11H15BrN2O2/c1-3-16-10-5-4-8(12)6-9(10)14-11(15)7(2)13/h4-7H,3,13H2,1-2H3,(H,14,15)/t7-/m0/s1. The SMILES string of the molecule is CCOc1ccc(Br)cc1NC(=O)[C@H](C)N. The van der Waals surface area contributed by atoms with Crippen LogP contribution in [0.5, 0.6) is 5.75 Å². The quantitative estimate of drug-likeness (QED) is 0.891. The van der Waals surface area contributed by atoms with Crippen molar-refractivity contribution in [3.8, 4) is 5.75 Å². The monoisotopic (exact) mass is 286 g/mol. The number of amides is 1. The van der Waals surface area contributed by atoms with E-state index in [0.29, 0.717) is 18.0 Å². The van der Waals surface area contributed by atoms with Gasteiger partial charge in [-0.2, -0.15) is 0 Å². The zero-order valence-electron chi connectivity index (χ0n) is 9.29. The molecular weight excluding hydrogens is 272 g/mol. The fourth-order valence-electron chi connectivity index (χ4n) is 1.13. The van der Waals surface area contributed by atoms with Crippen molar-refractivity contribution in [3.63, 3.8) is 0 Å². The van der Waals surface area contributed by atoms with Gasteiger partial charge < -0.3 is 15.8 Å². The number of carbonyl (C=O) groups excluding carboxylic acids is 1. The van der Waals surface area contributed by atoms with Gasteiger partial charge in [0.2, 0.25) is 5.91 Å². The maximum absolute atomic E-state index is 11.5. The van der Waals surface area contributed by atoms with Gasteiger partial charge in [0.25, 0.3) is 0 Å². The third-order valence-corrected chi connectivity index (χ3v) is 2.41. The molecule has 0 spiro atoms. The van der Waals surface area contributed by atoms with Crippen molar-refractivity contribution in [2.75, 3.05) is 11.9 Å². The lowest BCUT2D eigenvalue weighted by Gasteiger charge is -2.13. The first-order chi connectivity index (χ1) is 7.54. The van der Waals surface area contributed by atoms with Crippen molar-refractivity contribution < 1.29 is 9.53 Å². The molecule has 1 amide bonds. The Balaban J connectivity index is 2.91. The van der Waals surface area contributed by atoms with Gasteiger partial charge in [-0.3, -0.25) is 4.79 Å². The maximum atomic E-state index is 11.5. The van der Waals surface area contributed by atoms with Crippen LogP contribution in [0.3, 0.4) is 0 Å². The molecule has 16 heavy (non-hydrogen) atoms. The van der Waals surface area contributed by atoms with Crippen molar-refractivity contribution in [2.45, 2.75) is 19.9 Å². The second kappa shape index (κ2) is 5.86. The molecule has 0 bridgehead atoms. The van der Waals surface area contributed by atoms with Crippen LogP contribution in [-0.2, 0) is 4.79 Å². The topological polar surface area (TPSA) is 64.3 Å². The van der Waals surface area contributed by atoms with E-state index in [1.165, 1.54) is 0 Å². The van der Waals surface area contributed by atoms with Crippen LogP contribution in [-0.4, -0.2) is 18.6 Å². The Morgan fingerprint density at radius 3 is 2.88 bits per heavy atom. The molecule has 0 heterocycles. The molecule has 1 atom stereocenters. The number of ether oxygens (including phenoxy) is 1. The molecule has 5 heteroatoms. The summed E-state index contributed by atoms with van der Waals surface area (Å²) in [4.78, 5) is 11.5. The number of nitrogens with two attached hydrogens (primary N) is 1. The number of benzene rings is 1. The molecule has 3 N–H and O–H groups in total. The first-order valence-corrected chi connectivity index (χ1v) is 5.82. The molecule has 1 rings (SSSR count). The number of rotatable bonds is 4. The van der Waals surface area contributed by atoms with E-state index in [1.54, 1.807) is 19.1 Å². The summed E-state index contributed by atoms with van der Waals surface area (Å²) in [5.74, 6) is 0.402. The molecule has 88 valence electrons. The third-order valence-electron chi connectivity index (χ3n) is 1.91. The van der Waals surface area contributed by atoms with E-state index < -0.39 is 6.04 Å². The molecule has 1 aromatic carbocycles. The van der Waals surface area contributed by atoms with Crippen molar-refractivity contribution in [1.82, 2.24) is 0 Å². The predicted octanol–water partition coefficient (Wildman–Crippen LogP) is 2.13. The van der Waals surface area contributed by atoms with Gasteiger partial charge in [0.05, 0.1) is 18.3 Å². The zero-order valence-corrected chi connectivity index (χ0v) is 10.9. The normalized spacial score (nSPS) is 12.0. The summed E-state index contributed by atoms with van der Waals surface area (Å²) in [5.41, 5.74) is 6.10. The third kappa shape index (κ3) is 3.50. The van der Waals surface area contributed by atoms with E-state index in [0.717, 1.165) is 4.47 Å². The Kier molecular flexibility index (Phi) is 4.76. The summed E-state index contributed by atoms with van der Waals surface area (Å²) in [6, 6.07) is 4.88. The van der Waals surface area contributed by atoms with Gasteiger partial charge in [-0.1, -0.05) is 15.9 Å². The van der Waals surface area contributed by atoms with Gasteiger partial charge in [0.15, 0.2) is 0 Å². The van der Waals surface area contributed by atoms with Crippen LogP contribution in [0, 0.1) is 0 Å². The number of hydrogen-bond acceptors (Lipinski definition) is 3. The van der Waals surface area contributed by atoms with Crippen LogP contribution < -0.4 is 15.8 Å². The highest BCUT2D eigenvalue weighted by Crippen LogP contribution is 2.28. The molecule has 0 radical (unpaired) electrons. The molecule has 0 unspecified atom stereocenters. The molecule has 4 nitrogen and oxygen atoms in total. The summed E-state index contributed by atoms with van der Waals surface area (Å²) < 4.78 is 6.27. The van der Waals surface area contributed by atoms with Gasteiger partial charge in [0.1, 0.15) is 5.75 Å². The second-order valence-corrected chi connectivity index (χ2v) is 4.27. The van der Waals surface area contributed by atoms with Crippen LogP contribution in [0.15, 0.2) is 22.7 Å². The van der Waals surface area contributed by atoms with E-state index in [1.807, 2.05) is 13.0 Å². The number of carbonyl (C=O) groups is 1. The largest absolute Gasteiger partial charge is 0.492 e. The molecule has 0 saturated carbocycles. The summed E-state index contributed by atoms with van der Waals surface area (Å²) in [6.07, 6.45) is 0. The maximum Gasteiger partial charge on any atom is 0.241 e. The van der Waals surface area contributed by atoms with Crippen LogP contribution in [0.25, 0.3) is 0 Å². The summed E-state index contributed by atoms with van der Waals surface area (Å²) in [5, 5.41) is 2.72. The average molecular weight is 287 g/mol. The fraction of sp³-hybridized carbons (Fsp3) is 0.364. The highest BCUT2D eigenvalue weighted by molar-refractivity contribution is 9.10. The van der Waals surface area contributed by atoms with Gasteiger partial charge in [-0.25, -0.2) is 0 Å².